The highest BCUT2D eigenvalue weighted by atomic mass is 16.2. The van der Waals surface area contributed by atoms with Crippen LogP contribution in [0.15, 0.2) is 0 Å². The van der Waals surface area contributed by atoms with Crippen molar-refractivity contribution < 1.29 is 9.59 Å². The summed E-state index contributed by atoms with van der Waals surface area (Å²) < 4.78 is 0. The zero-order valence-electron chi connectivity index (χ0n) is 11.5. The van der Waals surface area contributed by atoms with Crippen LogP contribution in [0.3, 0.4) is 0 Å². The van der Waals surface area contributed by atoms with Gasteiger partial charge in [0.1, 0.15) is 0 Å². The number of amides is 2. The van der Waals surface area contributed by atoms with Crippen LogP contribution in [0, 0.1) is 5.92 Å². The molecule has 5 heteroatoms. The normalized spacial score (nSPS) is 34.6. The van der Waals surface area contributed by atoms with Gasteiger partial charge in [-0.15, -0.1) is 0 Å². The Bertz CT molecular complexity index is 377. The summed E-state index contributed by atoms with van der Waals surface area (Å²) in [6.45, 7) is 3.16. The molecule has 3 unspecified atom stereocenters. The lowest BCUT2D eigenvalue weighted by molar-refractivity contribution is -0.130. The molecule has 2 amide bonds. The van der Waals surface area contributed by atoms with E-state index >= 15 is 0 Å². The van der Waals surface area contributed by atoms with E-state index < -0.39 is 0 Å². The molecule has 3 saturated heterocycles. The van der Waals surface area contributed by atoms with Crippen LogP contribution in [0.25, 0.3) is 0 Å². The van der Waals surface area contributed by atoms with Crippen molar-refractivity contribution in [1.29, 1.82) is 0 Å². The standard InChI is InChI=1S/C14H23N3O2/c1-9(18)17-6-4-10(5-7-17)16-14(19)12-8-11-2-3-13(12)15-11/h10-13,15H,2-8H2,1H3,(H,16,19). The minimum absolute atomic E-state index is 0.141. The minimum atomic E-state index is 0.141. The zero-order chi connectivity index (χ0) is 13.4. The summed E-state index contributed by atoms with van der Waals surface area (Å²) in [6, 6.07) is 1.23. The molecule has 0 aromatic carbocycles. The maximum absolute atomic E-state index is 12.3. The number of hydrogen-bond donors (Lipinski definition) is 2. The summed E-state index contributed by atoms with van der Waals surface area (Å²) >= 11 is 0. The lowest BCUT2D eigenvalue weighted by atomic mass is 9.88. The fourth-order valence-electron chi connectivity index (χ4n) is 3.76. The zero-order valence-corrected chi connectivity index (χ0v) is 11.5. The first-order valence-electron chi connectivity index (χ1n) is 7.45. The molecule has 106 valence electrons. The SMILES string of the molecule is CC(=O)N1CCC(NC(=O)C2CC3CCC2N3)CC1. The molecule has 3 aliphatic rings. The molecule has 0 radical (unpaired) electrons. The summed E-state index contributed by atoms with van der Waals surface area (Å²) in [6.07, 6.45) is 5.15. The second-order valence-electron chi connectivity index (χ2n) is 6.18. The maximum Gasteiger partial charge on any atom is 0.224 e. The van der Waals surface area contributed by atoms with Gasteiger partial charge in [0.05, 0.1) is 5.92 Å². The molecular formula is C14H23N3O2. The van der Waals surface area contributed by atoms with Crippen LogP contribution in [0.4, 0.5) is 0 Å². The molecule has 0 saturated carbocycles. The van der Waals surface area contributed by atoms with Crippen LogP contribution in [0.1, 0.15) is 39.0 Å². The Labute approximate surface area is 114 Å². The minimum Gasteiger partial charge on any atom is -0.353 e. The lowest BCUT2D eigenvalue weighted by Crippen LogP contribution is -2.48. The van der Waals surface area contributed by atoms with Gasteiger partial charge in [0.25, 0.3) is 0 Å². The Balaban J connectivity index is 1.47. The van der Waals surface area contributed by atoms with Crippen molar-refractivity contribution in [2.24, 2.45) is 5.92 Å². The van der Waals surface area contributed by atoms with Gasteiger partial charge in [-0.25, -0.2) is 0 Å². The van der Waals surface area contributed by atoms with Crippen LogP contribution in [-0.2, 0) is 9.59 Å². The molecule has 5 nitrogen and oxygen atoms in total. The van der Waals surface area contributed by atoms with Gasteiger partial charge in [-0.05, 0) is 32.1 Å². The molecule has 0 spiro atoms. The molecule has 3 heterocycles. The van der Waals surface area contributed by atoms with Crippen molar-refractivity contribution >= 4 is 11.8 Å². The van der Waals surface area contributed by atoms with Crippen molar-refractivity contribution in [3.63, 3.8) is 0 Å². The van der Waals surface area contributed by atoms with E-state index in [4.69, 9.17) is 0 Å². The van der Waals surface area contributed by atoms with Gasteiger partial charge in [0.2, 0.25) is 11.8 Å². The van der Waals surface area contributed by atoms with Gasteiger partial charge in [0.15, 0.2) is 0 Å². The third-order valence-corrected chi connectivity index (χ3v) is 4.92. The highest BCUT2D eigenvalue weighted by molar-refractivity contribution is 5.80. The number of fused-ring (bicyclic) bond motifs is 2. The molecule has 0 aromatic rings. The number of nitrogens with zero attached hydrogens (tertiary/aromatic N) is 1. The number of hydrogen-bond acceptors (Lipinski definition) is 3. The van der Waals surface area contributed by atoms with Crippen LogP contribution in [0.5, 0.6) is 0 Å². The molecule has 2 bridgehead atoms. The molecule has 0 aromatic heterocycles. The van der Waals surface area contributed by atoms with Crippen molar-refractivity contribution in [1.82, 2.24) is 15.5 Å². The first-order valence-corrected chi connectivity index (χ1v) is 7.45. The monoisotopic (exact) mass is 265 g/mol. The second-order valence-corrected chi connectivity index (χ2v) is 6.18. The smallest absolute Gasteiger partial charge is 0.224 e. The number of rotatable bonds is 2. The third kappa shape index (κ3) is 2.61. The van der Waals surface area contributed by atoms with Gasteiger partial charge in [-0.3, -0.25) is 9.59 Å². The molecule has 0 aliphatic carbocycles. The fraction of sp³-hybridized carbons (Fsp3) is 0.857. The summed E-state index contributed by atoms with van der Waals surface area (Å²) in [7, 11) is 0. The lowest BCUT2D eigenvalue weighted by Gasteiger charge is -2.32. The number of piperidine rings is 1. The van der Waals surface area contributed by atoms with E-state index in [-0.39, 0.29) is 23.8 Å². The van der Waals surface area contributed by atoms with Gasteiger partial charge in [-0.2, -0.15) is 0 Å². The Hall–Kier alpha value is -1.10. The topological polar surface area (TPSA) is 61.4 Å². The van der Waals surface area contributed by atoms with Crippen LogP contribution in [0.2, 0.25) is 0 Å². The summed E-state index contributed by atoms with van der Waals surface area (Å²) in [5.41, 5.74) is 0. The van der Waals surface area contributed by atoms with E-state index in [1.165, 1.54) is 6.42 Å². The quantitative estimate of drug-likeness (QED) is 0.752. The number of carbonyl (C=O) groups excluding carboxylic acids is 2. The molecule has 19 heavy (non-hydrogen) atoms. The summed E-state index contributed by atoms with van der Waals surface area (Å²) in [5.74, 6) is 0.535. The van der Waals surface area contributed by atoms with Gasteiger partial charge >= 0.3 is 0 Å². The average Bonchev–Trinajstić information content (AvgIpc) is 3.01. The molecule has 3 fully saturated rings. The van der Waals surface area contributed by atoms with Gasteiger partial charge in [0, 0.05) is 38.1 Å². The molecule has 2 N–H and O–H groups in total. The average molecular weight is 265 g/mol. The fourth-order valence-corrected chi connectivity index (χ4v) is 3.76. The first-order chi connectivity index (χ1) is 9.13. The molecular weight excluding hydrogens is 242 g/mol. The summed E-state index contributed by atoms with van der Waals surface area (Å²) in [5, 5.41) is 6.69. The largest absolute Gasteiger partial charge is 0.353 e. The van der Waals surface area contributed by atoms with Crippen molar-refractivity contribution in [2.45, 2.75) is 57.2 Å². The first kappa shape index (κ1) is 12.9. The Morgan fingerprint density at radius 1 is 1.16 bits per heavy atom. The van der Waals surface area contributed by atoms with E-state index in [0.29, 0.717) is 12.1 Å². The highest BCUT2D eigenvalue weighted by Crippen LogP contribution is 2.33. The Morgan fingerprint density at radius 2 is 1.89 bits per heavy atom. The van der Waals surface area contributed by atoms with E-state index in [0.717, 1.165) is 38.8 Å². The van der Waals surface area contributed by atoms with Gasteiger partial charge < -0.3 is 15.5 Å². The predicted molar refractivity (Wildman–Crippen MR) is 71.5 cm³/mol. The van der Waals surface area contributed by atoms with Crippen molar-refractivity contribution in [2.75, 3.05) is 13.1 Å². The van der Waals surface area contributed by atoms with E-state index in [2.05, 4.69) is 10.6 Å². The van der Waals surface area contributed by atoms with Crippen LogP contribution >= 0.6 is 0 Å². The Morgan fingerprint density at radius 3 is 2.42 bits per heavy atom. The van der Waals surface area contributed by atoms with Crippen molar-refractivity contribution in [3.8, 4) is 0 Å². The highest BCUT2D eigenvalue weighted by Gasteiger charge is 2.43. The van der Waals surface area contributed by atoms with E-state index in [1.807, 2.05) is 4.90 Å². The van der Waals surface area contributed by atoms with E-state index in [9.17, 15) is 9.59 Å². The second kappa shape index (κ2) is 5.12. The van der Waals surface area contributed by atoms with Crippen LogP contribution in [-0.4, -0.2) is 47.9 Å². The van der Waals surface area contributed by atoms with E-state index in [1.54, 1.807) is 6.92 Å². The maximum atomic E-state index is 12.3. The number of likely N-dealkylation sites (tertiary alicyclic amines) is 1. The molecule has 3 atom stereocenters. The van der Waals surface area contributed by atoms with Gasteiger partial charge in [-0.1, -0.05) is 0 Å². The molecule has 3 aliphatic heterocycles. The summed E-state index contributed by atoms with van der Waals surface area (Å²) in [4.78, 5) is 25.4. The van der Waals surface area contributed by atoms with Crippen LogP contribution < -0.4 is 10.6 Å². The Kier molecular flexibility index (Phi) is 3.48. The number of carbonyl (C=O) groups is 2. The predicted octanol–water partition coefficient (Wildman–Crippen LogP) is 0.254. The van der Waals surface area contributed by atoms with Crippen molar-refractivity contribution in [3.05, 3.63) is 0 Å². The molecule has 3 rings (SSSR count). The number of nitrogens with one attached hydrogen (secondary N) is 2. The third-order valence-electron chi connectivity index (χ3n) is 4.92.